The van der Waals surface area contributed by atoms with E-state index < -0.39 is 0 Å². The molecule has 0 unspecified atom stereocenters. The summed E-state index contributed by atoms with van der Waals surface area (Å²) < 4.78 is 0. The van der Waals surface area contributed by atoms with Crippen LogP contribution in [0.15, 0.2) is 174 Å². The minimum absolute atomic E-state index is 0.166. The lowest BCUT2D eigenvalue weighted by molar-refractivity contribution is 0.640. The van der Waals surface area contributed by atoms with Gasteiger partial charge in [0.25, 0.3) is 0 Å². The average Bonchev–Trinajstić information content (AvgIpc) is 3.18. The van der Waals surface area contributed by atoms with E-state index in [0.29, 0.717) is 11.5 Å². The molecule has 2 nitrogen and oxygen atoms in total. The van der Waals surface area contributed by atoms with Crippen molar-refractivity contribution in [2.24, 2.45) is 9.98 Å². The molecule has 7 rings (SSSR count). The van der Waals surface area contributed by atoms with Crippen LogP contribution in [0.2, 0.25) is 0 Å². The SMILES string of the molecule is C=C(N=C(N=C(C)c1ccc(-c2ccccc2)cc1)C1=CCCC=C1)c1ccc(C(C)(C)c2ccc(C3=CCCc4ccccc43)cc2)cc1. The molecule has 50 heavy (non-hydrogen) atoms. The van der Waals surface area contributed by atoms with E-state index in [1.165, 1.54) is 44.5 Å². The molecule has 246 valence electrons. The van der Waals surface area contributed by atoms with Crippen LogP contribution >= 0.6 is 0 Å². The van der Waals surface area contributed by atoms with Crippen LogP contribution in [0.1, 0.15) is 79.0 Å². The Morgan fingerprint density at radius 2 is 1.22 bits per heavy atom. The molecule has 0 amide bonds. The summed E-state index contributed by atoms with van der Waals surface area (Å²) >= 11 is 0. The Kier molecular flexibility index (Phi) is 9.54. The number of amidine groups is 1. The van der Waals surface area contributed by atoms with Gasteiger partial charge in [-0.2, -0.15) is 0 Å². The van der Waals surface area contributed by atoms with Gasteiger partial charge in [0.05, 0.1) is 5.70 Å². The molecule has 0 spiro atoms. The second-order valence-corrected chi connectivity index (χ2v) is 13.8. The molecule has 0 bridgehead atoms. The lowest BCUT2D eigenvalue weighted by Crippen LogP contribution is -2.18. The van der Waals surface area contributed by atoms with Gasteiger partial charge in [0.1, 0.15) is 0 Å². The minimum atomic E-state index is -0.166. The highest BCUT2D eigenvalue weighted by molar-refractivity contribution is 6.13. The Hall–Kier alpha value is -5.60. The second-order valence-electron chi connectivity index (χ2n) is 13.8. The predicted molar refractivity (Wildman–Crippen MR) is 214 cm³/mol. The van der Waals surface area contributed by atoms with E-state index in [1.807, 2.05) is 6.07 Å². The molecule has 0 atom stereocenters. The summed E-state index contributed by atoms with van der Waals surface area (Å²) in [5.41, 5.74) is 14.9. The zero-order valence-corrected chi connectivity index (χ0v) is 29.4. The fourth-order valence-electron chi connectivity index (χ4n) is 6.95. The monoisotopic (exact) mass is 648 g/mol. The third-order valence-corrected chi connectivity index (χ3v) is 10.1. The zero-order valence-electron chi connectivity index (χ0n) is 29.4. The van der Waals surface area contributed by atoms with Gasteiger partial charge in [-0.1, -0.05) is 172 Å². The number of rotatable bonds is 8. The first kappa shape index (κ1) is 32.9. The molecular weight excluding hydrogens is 605 g/mol. The number of benzene rings is 5. The Morgan fingerprint density at radius 1 is 0.600 bits per heavy atom. The Balaban J connectivity index is 1.11. The van der Waals surface area contributed by atoms with E-state index >= 15 is 0 Å². The van der Waals surface area contributed by atoms with Crippen molar-refractivity contribution in [3.8, 4) is 11.1 Å². The molecule has 0 radical (unpaired) electrons. The van der Waals surface area contributed by atoms with Crippen molar-refractivity contribution in [1.82, 2.24) is 0 Å². The third-order valence-electron chi connectivity index (χ3n) is 10.1. The summed E-state index contributed by atoms with van der Waals surface area (Å²) in [6, 6.07) is 45.7. The van der Waals surface area contributed by atoms with Crippen LogP contribution in [0.25, 0.3) is 22.4 Å². The number of aryl methyl sites for hydroxylation is 1. The van der Waals surface area contributed by atoms with Crippen LogP contribution in [0.3, 0.4) is 0 Å². The van der Waals surface area contributed by atoms with E-state index in [9.17, 15) is 0 Å². The zero-order chi connectivity index (χ0) is 34.5. The van der Waals surface area contributed by atoms with Crippen molar-refractivity contribution in [2.45, 2.75) is 51.9 Å². The summed E-state index contributed by atoms with van der Waals surface area (Å²) in [5, 5.41) is 0. The fraction of sp³-hybridized carbons (Fsp3) is 0.167. The van der Waals surface area contributed by atoms with Crippen LogP contribution in [-0.4, -0.2) is 11.5 Å². The molecule has 0 saturated carbocycles. The predicted octanol–water partition coefficient (Wildman–Crippen LogP) is 12.2. The van der Waals surface area contributed by atoms with E-state index in [1.54, 1.807) is 0 Å². The normalized spacial score (nSPS) is 14.9. The number of aliphatic imine (C=N–C) groups is 2. The van der Waals surface area contributed by atoms with Crippen molar-refractivity contribution in [1.29, 1.82) is 0 Å². The topological polar surface area (TPSA) is 24.7 Å². The molecule has 0 fully saturated rings. The highest BCUT2D eigenvalue weighted by atomic mass is 14.9. The molecule has 2 aliphatic rings. The lowest BCUT2D eigenvalue weighted by Gasteiger charge is -2.27. The third kappa shape index (κ3) is 7.07. The first-order chi connectivity index (χ1) is 24.4. The van der Waals surface area contributed by atoms with Crippen LogP contribution < -0.4 is 0 Å². The van der Waals surface area contributed by atoms with Gasteiger partial charge in [-0.15, -0.1) is 0 Å². The van der Waals surface area contributed by atoms with Crippen molar-refractivity contribution < 1.29 is 0 Å². The van der Waals surface area contributed by atoms with Crippen LogP contribution in [-0.2, 0) is 11.8 Å². The molecule has 0 saturated heterocycles. The summed E-state index contributed by atoms with van der Waals surface area (Å²) in [6.07, 6.45) is 13.2. The van der Waals surface area contributed by atoms with Crippen molar-refractivity contribution >= 4 is 22.8 Å². The van der Waals surface area contributed by atoms with Crippen molar-refractivity contribution in [3.05, 3.63) is 203 Å². The highest BCUT2D eigenvalue weighted by Gasteiger charge is 2.24. The van der Waals surface area contributed by atoms with Crippen molar-refractivity contribution in [2.75, 3.05) is 0 Å². The first-order valence-electron chi connectivity index (χ1n) is 17.7. The standard InChI is InChI=1S/C48H44N2/c1-34(36-22-24-39(25-23-36)38-14-7-5-8-15-38)49-47(42-17-9-6-10-18-42)50-35(2)37-26-30-43(31-27-37)48(3,4)44-32-28-41(29-33-44)46-21-13-19-40-16-11-12-20-45(40)46/h5,7-9,11-12,14-18,20-33H,2,6,10,13,19H2,1,3-4H3. The molecule has 2 heteroatoms. The molecule has 0 N–H and O–H groups in total. The fourth-order valence-corrected chi connectivity index (χ4v) is 6.95. The Labute approximate surface area is 297 Å². The first-order valence-corrected chi connectivity index (χ1v) is 17.7. The smallest absolute Gasteiger partial charge is 0.159 e. The molecule has 0 aromatic heterocycles. The quantitative estimate of drug-likeness (QED) is 0.118. The summed E-state index contributed by atoms with van der Waals surface area (Å²) in [7, 11) is 0. The number of hydrogen-bond donors (Lipinski definition) is 0. The maximum absolute atomic E-state index is 5.07. The van der Waals surface area contributed by atoms with Gasteiger partial charge in [0.15, 0.2) is 5.84 Å². The largest absolute Gasteiger partial charge is 0.233 e. The van der Waals surface area contributed by atoms with Crippen LogP contribution in [0, 0.1) is 0 Å². The maximum Gasteiger partial charge on any atom is 0.159 e. The lowest BCUT2D eigenvalue weighted by atomic mass is 9.77. The van der Waals surface area contributed by atoms with Gasteiger partial charge < -0.3 is 0 Å². The molecular formula is C48H44N2. The number of fused-ring (bicyclic) bond motifs is 1. The molecule has 0 aliphatic heterocycles. The molecule has 2 aliphatic carbocycles. The highest BCUT2D eigenvalue weighted by Crippen LogP contribution is 2.36. The molecule has 5 aromatic carbocycles. The summed E-state index contributed by atoms with van der Waals surface area (Å²) in [6.45, 7) is 11.0. The van der Waals surface area contributed by atoms with E-state index in [-0.39, 0.29) is 5.41 Å². The Bertz CT molecular complexity index is 2150. The van der Waals surface area contributed by atoms with Crippen LogP contribution in [0.4, 0.5) is 0 Å². The van der Waals surface area contributed by atoms with E-state index in [4.69, 9.17) is 9.98 Å². The van der Waals surface area contributed by atoms with E-state index in [0.717, 1.165) is 48.1 Å². The van der Waals surface area contributed by atoms with Gasteiger partial charge in [0.2, 0.25) is 0 Å². The number of allylic oxidation sites excluding steroid dienone is 3. The summed E-state index contributed by atoms with van der Waals surface area (Å²) in [4.78, 5) is 10.1. The Morgan fingerprint density at radius 3 is 1.92 bits per heavy atom. The van der Waals surface area contributed by atoms with E-state index in [2.05, 4.69) is 173 Å². The van der Waals surface area contributed by atoms with Gasteiger partial charge in [-0.25, -0.2) is 9.98 Å². The maximum atomic E-state index is 5.07. The number of nitrogens with zero attached hydrogens (tertiary/aromatic N) is 2. The van der Waals surface area contributed by atoms with Crippen molar-refractivity contribution in [3.63, 3.8) is 0 Å². The van der Waals surface area contributed by atoms with Gasteiger partial charge in [-0.3, -0.25) is 0 Å². The average molecular weight is 649 g/mol. The molecule has 5 aromatic rings. The second kappa shape index (κ2) is 14.5. The minimum Gasteiger partial charge on any atom is -0.233 e. The summed E-state index contributed by atoms with van der Waals surface area (Å²) in [5.74, 6) is 0.691. The van der Waals surface area contributed by atoms with Crippen LogP contribution in [0.5, 0.6) is 0 Å². The van der Waals surface area contributed by atoms with Gasteiger partial charge >= 0.3 is 0 Å². The van der Waals surface area contributed by atoms with Gasteiger partial charge in [-0.05, 0) is 88.3 Å². The number of hydrogen-bond acceptors (Lipinski definition) is 1. The molecule has 0 heterocycles. The van der Waals surface area contributed by atoms with Gasteiger partial charge in [0, 0.05) is 16.7 Å².